The van der Waals surface area contributed by atoms with E-state index in [-0.39, 0.29) is 6.04 Å². The Balaban J connectivity index is 1.76. The highest BCUT2D eigenvalue weighted by Crippen LogP contribution is 2.36. The van der Waals surface area contributed by atoms with Gasteiger partial charge < -0.3 is 10.2 Å². The van der Waals surface area contributed by atoms with Crippen molar-refractivity contribution in [3.8, 4) is 17.3 Å². The molecule has 0 saturated heterocycles. The van der Waals surface area contributed by atoms with E-state index in [1.165, 1.54) is 25.4 Å². The maximum atomic E-state index is 12.5. The minimum Gasteiger partial charge on any atom is -0.596 e. The van der Waals surface area contributed by atoms with Crippen LogP contribution in [0.2, 0.25) is 0 Å². The molecule has 24 heavy (non-hydrogen) atoms. The van der Waals surface area contributed by atoms with Gasteiger partial charge in [0, 0.05) is 11.6 Å². The van der Waals surface area contributed by atoms with Gasteiger partial charge in [-0.05, 0) is 24.8 Å². The van der Waals surface area contributed by atoms with Gasteiger partial charge in [0.1, 0.15) is 18.0 Å². The van der Waals surface area contributed by atoms with Crippen molar-refractivity contribution in [1.29, 1.82) is 5.26 Å². The molecule has 3 heterocycles. The van der Waals surface area contributed by atoms with Gasteiger partial charge >= 0.3 is 0 Å². The Hall–Kier alpha value is -2.88. The Morgan fingerprint density at radius 2 is 2.25 bits per heavy atom. The highest BCUT2D eigenvalue weighted by atomic mass is 16.5. The predicted molar refractivity (Wildman–Crippen MR) is 87.5 cm³/mol. The molecule has 3 aromatic heterocycles. The summed E-state index contributed by atoms with van der Waals surface area (Å²) >= 11 is 0. The molecule has 0 unspecified atom stereocenters. The molecule has 7 nitrogen and oxygen atoms in total. The van der Waals surface area contributed by atoms with Gasteiger partial charge in [0.15, 0.2) is 0 Å². The third-order valence-electron chi connectivity index (χ3n) is 4.96. The zero-order valence-electron chi connectivity index (χ0n) is 13.2. The van der Waals surface area contributed by atoms with E-state index in [1.54, 1.807) is 4.68 Å². The van der Waals surface area contributed by atoms with Gasteiger partial charge in [-0.15, -0.1) is 4.68 Å². The fourth-order valence-corrected chi connectivity index (χ4v) is 3.80. The number of aromatic nitrogens is 5. The largest absolute Gasteiger partial charge is 0.596 e. The van der Waals surface area contributed by atoms with E-state index in [1.807, 2.05) is 18.5 Å². The standard InChI is InChI=1S/C17H18N6O/c18-7-5-15(12-3-1-2-4-12)22-9-13(10-23(22)24)16-14-6-8-19-17(14)21-11-20-16/h6,8-12,15H,1-5H2,(H,19,20,21)/t15-/m1/s1. The summed E-state index contributed by atoms with van der Waals surface area (Å²) in [6.45, 7) is 0. The number of aromatic amines is 1. The van der Waals surface area contributed by atoms with Crippen molar-refractivity contribution in [3.63, 3.8) is 0 Å². The van der Waals surface area contributed by atoms with Gasteiger partial charge in [0.25, 0.3) is 0 Å². The number of H-pyrrole nitrogens is 1. The monoisotopic (exact) mass is 322 g/mol. The first-order valence-electron chi connectivity index (χ1n) is 8.24. The number of fused-ring (bicyclic) bond motifs is 1. The van der Waals surface area contributed by atoms with Gasteiger partial charge in [-0.1, -0.05) is 17.7 Å². The number of nitrogens with one attached hydrogen (secondary N) is 1. The second kappa shape index (κ2) is 5.96. The van der Waals surface area contributed by atoms with Crippen molar-refractivity contribution < 1.29 is 4.85 Å². The SMILES string of the molecule is N#CC[C@H](C1CCCC1)n1cc(-c2ncnc3[nH]ccc23)c[n+]1[O-]. The number of hydrogen-bond acceptors (Lipinski definition) is 4. The van der Waals surface area contributed by atoms with Crippen LogP contribution in [-0.4, -0.2) is 19.6 Å². The molecular weight excluding hydrogens is 304 g/mol. The quantitative estimate of drug-likeness (QED) is 0.590. The van der Waals surface area contributed by atoms with Crippen LogP contribution < -0.4 is 4.85 Å². The number of hydrogen-bond donors (Lipinski definition) is 1. The summed E-state index contributed by atoms with van der Waals surface area (Å²) in [7, 11) is 0. The normalized spacial score (nSPS) is 16.5. The molecule has 0 aliphatic heterocycles. The molecule has 7 heteroatoms. The Morgan fingerprint density at radius 3 is 3.04 bits per heavy atom. The second-order valence-corrected chi connectivity index (χ2v) is 6.33. The minimum atomic E-state index is -0.0766. The topological polar surface area (TPSA) is 97.2 Å². The van der Waals surface area contributed by atoms with Gasteiger partial charge in [0.05, 0.1) is 29.9 Å². The first-order chi connectivity index (χ1) is 11.8. The van der Waals surface area contributed by atoms with Gasteiger partial charge in [0.2, 0.25) is 6.20 Å². The first-order valence-corrected chi connectivity index (χ1v) is 8.24. The van der Waals surface area contributed by atoms with Crippen LogP contribution in [0.5, 0.6) is 0 Å². The lowest BCUT2D eigenvalue weighted by molar-refractivity contribution is -0.698. The van der Waals surface area contributed by atoms with E-state index in [4.69, 9.17) is 0 Å². The highest BCUT2D eigenvalue weighted by Gasteiger charge is 2.30. The van der Waals surface area contributed by atoms with Crippen molar-refractivity contribution in [3.05, 3.63) is 36.2 Å². The van der Waals surface area contributed by atoms with Crippen molar-refractivity contribution in [2.24, 2.45) is 5.92 Å². The zero-order valence-corrected chi connectivity index (χ0v) is 13.2. The van der Waals surface area contributed by atoms with Crippen LogP contribution in [0.3, 0.4) is 0 Å². The fourth-order valence-electron chi connectivity index (χ4n) is 3.80. The number of rotatable bonds is 4. The van der Waals surface area contributed by atoms with Crippen LogP contribution in [-0.2, 0) is 0 Å². The molecule has 1 atom stereocenters. The van der Waals surface area contributed by atoms with E-state index in [0.29, 0.717) is 12.3 Å². The summed E-state index contributed by atoms with van der Waals surface area (Å²) in [4.78, 5) is 12.4. The highest BCUT2D eigenvalue weighted by molar-refractivity contribution is 5.89. The average molecular weight is 322 g/mol. The van der Waals surface area contributed by atoms with Crippen molar-refractivity contribution in [1.82, 2.24) is 19.6 Å². The lowest BCUT2D eigenvalue weighted by Crippen LogP contribution is -2.40. The maximum absolute atomic E-state index is 12.5. The molecule has 0 spiro atoms. The van der Waals surface area contributed by atoms with E-state index in [0.717, 1.165) is 40.0 Å². The van der Waals surface area contributed by atoms with E-state index in [9.17, 15) is 10.5 Å². The molecule has 4 rings (SSSR count). The Kier molecular flexibility index (Phi) is 3.65. The summed E-state index contributed by atoms with van der Waals surface area (Å²) in [6, 6.07) is 4.07. The Morgan fingerprint density at radius 1 is 1.42 bits per heavy atom. The molecule has 0 aromatic carbocycles. The lowest BCUT2D eigenvalue weighted by Gasteiger charge is -2.20. The molecule has 0 radical (unpaired) electrons. The molecule has 1 fully saturated rings. The molecule has 1 aliphatic rings. The molecule has 0 bridgehead atoms. The van der Waals surface area contributed by atoms with E-state index >= 15 is 0 Å². The molecule has 1 N–H and O–H groups in total. The molecule has 0 amide bonds. The lowest BCUT2D eigenvalue weighted by atomic mass is 9.96. The predicted octanol–water partition coefficient (Wildman–Crippen LogP) is 2.70. The smallest absolute Gasteiger partial charge is 0.218 e. The molecule has 122 valence electrons. The van der Waals surface area contributed by atoms with Crippen LogP contribution in [0.4, 0.5) is 0 Å². The average Bonchev–Trinajstić information content (AvgIpc) is 3.33. The van der Waals surface area contributed by atoms with Gasteiger partial charge in [-0.3, -0.25) is 0 Å². The summed E-state index contributed by atoms with van der Waals surface area (Å²) in [5.74, 6) is 0.391. The minimum absolute atomic E-state index is 0.0766. The molecular formula is C17H18N6O. The van der Waals surface area contributed by atoms with Crippen LogP contribution in [0.15, 0.2) is 31.0 Å². The van der Waals surface area contributed by atoms with Crippen molar-refractivity contribution >= 4 is 11.0 Å². The summed E-state index contributed by atoms with van der Waals surface area (Å²) in [6.07, 6.45) is 11.5. The number of nitrogens with zero attached hydrogens (tertiary/aromatic N) is 5. The summed E-state index contributed by atoms with van der Waals surface area (Å²) in [5.41, 5.74) is 2.22. The van der Waals surface area contributed by atoms with Crippen molar-refractivity contribution in [2.45, 2.75) is 38.1 Å². The van der Waals surface area contributed by atoms with Crippen LogP contribution in [0.25, 0.3) is 22.3 Å². The van der Waals surface area contributed by atoms with Crippen molar-refractivity contribution in [2.75, 3.05) is 0 Å². The van der Waals surface area contributed by atoms with E-state index < -0.39 is 0 Å². The molecule has 3 aromatic rings. The zero-order chi connectivity index (χ0) is 16.5. The second-order valence-electron chi connectivity index (χ2n) is 6.33. The summed E-state index contributed by atoms with van der Waals surface area (Å²) in [5, 5.41) is 22.5. The Bertz CT molecular complexity index is 899. The fraction of sp³-hybridized carbons (Fsp3) is 0.412. The number of nitriles is 1. The Labute approximate surface area is 139 Å². The molecule has 1 aliphatic carbocycles. The van der Waals surface area contributed by atoms with Crippen LogP contribution >= 0.6 is 0 Å². The maximum Gasteiger partial charge on any atom is 0.218 e. The first kappa shape index (κ1) is 14.7. The van der Waals surface area contributed by atoms with Gasteiger partial charge in [-0.25, -0.2) is 9.97 Å². The third-order valence-corrected chi connectivity index (χ3v) is 4.96. The summed E-state index contributed by atoms with van der Waals surface area (Å²) < 4.78 is 1.66. The van der Waals surface area contributed by atoms with Crippen LogP contribution in [0, 0.1) is 22.5 Å². The van der Waals surface area contributed by atoms with E-state index in [2.05, 4.69) is 21.0 Å². The van der Waals surface area contributed by atoms with Crippen LogP contribution in [0.1, 0.15) is 38.1 Å². The van der Waals surface area contributed by atoms with Gasteiger partial charge in [-0.2, -0.15) is 5.26 Å². The third kappa shape index (κ3) is 2.40. The molecule has 1 saturated carbocycles.